The molecule has 7 nitrogen and oxygen atoms in total. The van der Waals surface area contributed by atoms with E-state index in [1.54, 1.807) is 4.90 Å². The minimum Gasteiger partial charge on any atom is -0.355 e. The fourth-order valence-electron chi connectivity index (χ4n) is 1.91. The average molecular weight is 350 g/mol. The van der Waals surface area contributed by atoms with Crippen LogP contribution in [-0.2, 0) is 19.7 Å². The summed E-state index contributed by atoms with van der Waals surface area (Å²) in [5.74, 6) is -0.454. The lowest BCUT2D eigenvalue weighted by Crippen LogP contribution is -2.35. The topological polar surface area (TPSA) is 104 Å². The fraction of sp³-hybridized carbons (Fsp3) is 0.867. The molecule has 0 atom stereocenters. The first kappa shape index (κ1) is 21.9. The normalized spacial score (nSPS) is 11.5. The van der Waals surface area contributed by atoms with Crippen molar-refractivity contribution in [3.63, 3.8) is 0 Å². The molecule has 0 aromatic heterocycles. The van der Waals surface area contributed by atoms with Crippen molar-refractivity contribution >= 4 is 21.9 Å². The average Bonchev–Trinajstić information content (AvgIpc) is 2.43. The minimum absolute atomic E-state index is 0.0224. The Kier molecular flexibility index (Phi) is 10.8. The maximum absolute atomic E-state index is 12.2. The van der Waals surface area contributed by atoms with Gasteiger partial charge in [-0.3, -0.25) is 14.1 Å². The van der Waals surface area contributed by atoms with Gasteiger partial charge in [-0.05, 0) is 18.8 Å². The maximum atomic E-state index is 12.2. The highest BCUT2D eigenvalue weighted by molar-refractivity contribution is 7.85. The molecular weight excluding hydrogens is 320 g/mol. The SMILES string of the molecule is CCCCN(CCC(C)C)C(=O)CCC(=O)NCCS(=O)(=O)O. The predicted octanol–water partition coefficient (Wildman–Crippen LogP) is 1.45. The lowest BCUT2D eigenvalue weighted by molar-refractivity contribution is -0.133. The summed E-state index contributed by atoms with van der Waals surface area (Å²) in [6.45, 7) is 7.51. The second-order valence-corrected chi connectivity index (χ2v) is 7.62. The molecule has 0 saturated carbocycles. The van der Waals surface area contributed by atoms with Crippen LogP contribution in [0.5, 0.6) is 0 Å². The molecule has 0 radical (unpaired) electrons. The number of nitrogens with zero attached hydrogens (tertiary/aromatic N) is 1. The summed E-state index contributed by atoms with van der Waals surface area (Å²) in [5, 5.41) is 2.38. The van der Waals surface area contributed by atoms with Crippen LogP contribution < -0.4 is 5.32 Å². The van der Waals surface area contributed by atoms with Crippen LogP contribution >= 0.6 is 0 Å². The number of rotatable bonds is 12. The summed E-state index contributed by atoms with van der Waals surface area (Å²) >= 11 is 0. The van der Waals surface area contributed by atoms with E-state index in [1.807, 2.05) is 0 Å². The zero-order valence-electron chi connectivity index (χ0n) is 14.4. The number of amides is 2. The van der Waals surface area contributed by atoms with E-state index in [2.05, 4.69) is 26.1 Å². The van der Waals surface area contributed by atoms with E-state index < -0.39 is 15.9 Å². The summed E-state index contributed by atoms with van der Waals surface area (Å²) in [6, 6.07) is 0. The number of carbonyl (C=O) groups excluding carboxylic acids is 2. The molecule has 0 aliphatic carbocycles. The molecule has 0 rings (SSSR count). The largest absolute Gasteiger partial charge is 0.355 e. The third-order valence-corrected chi connectivity index (χ3v) is 4.08. The van der Waals surface area contributed by atoms with Crippen molar-refractivity contribution in [1.82, 2.24) is 10.2 Å². The molecule has 136 valence electrons. The fourth-order valence-corrected chi connectivity index (χ4v) is 2.27. The van der Waals surface area contributed by atoms with Crippen LogP contribution in [0.25, 0.3) is 0 Å². The Morgan fingerprint density at radius 1 is 1.17 bits per heavy atom. The summed E-state index contributed by atoms with van der Waals surface area (Å²) in [7, 11) is -4.08. The van der Waals surface area contributed by atoms with Gasteiger partial charge in [-0.15, -0.1) is 0 Å². The molecule has 0 unspecified atom stereocenters. The highest BCUT2D eigenvalue weighted by Gasteiger charge is 2.15. The zero-order chi connectivity index (χ0) is 17.9. The molecule has 0 aliphatic rings. The summed E-state index contributed by atoms with van der Waals surface area (Å²) in [6.07, 6.45) is 3.00. The number of unbranched alkanes of at least 4 members (excludes halogenated alkanes) is 1. The lowest BCUT2D eigenvalue weighted by atomic mass is 10.1. The van der Waals surface area contributed by atoms with E-state index in [1.165, 1.54) is 0 Å². The molecule has 0 heterocycles. The van der Waals surface area contributed by atoms with Crippen LogP contribution in [0.15, 0.2) is 0 Å². The Labute approximate surface area is 139 Å². The predicted molar refractivity (Wildman–Crippen MR) is 89.6 cm³/mol. The highest BCUT2D eigenvalue weighted by Crippen LogP contribution is 2.07. The molecule has 0 aliphatic heterocycles. The number of hydrogen-bond acceptors (Lipinski definition) is 4. The lowest BCUT2D eigenvalue weighted by Gasteiger charge is -2.23. The van der Waals surface area contributed by atoms with E-state index in [4.69, 9.17) is 4.55 Å². The Bertz CT molecular complexity index is 462. The molecule has 0 bridgehead atoms. The third-order valence-electron chi connectivity index (χ3n) is 3.36. The molecule has 0 spiro atoms. The van der Waals surface area contributed by atoms with Gasteiger partial charge < -0.3 is 10.2 Å². The van der Waals surface area contributed by atoms with Crippen molar-refractivity contribution in [2.24, 2.45) is 5.92 Å². The van der Waals surface area contributed by atoms with Crippen molar-refractivity contribution in [1.29, 1.82) is 0 Å². The van der Waals surface area contributed by atoms with Gasteiger partial charge in [0.05, 0.1) is 5.75 Å². The number of carbonyl (C=O) groups is 2. The number of nitrogens with one attached hydrogen (secondary N) is 1. The molecule has 0 fully saturated rings. The van der Waals surface area contributed by atoms with E-state index in [9.17, 15) is 18.0 Å². The minimum atomic E-state index is -4.08. The van der Waals surface area contributed by atoms with Crippen LogP contribution in [0.1, 0.15) is 52.9 Å². The Morgan fingerprint density at radius 3 is 2.35 bits per heavy atom. The number of hydrogen-bond donors (Lipinski definition) is 2. The van der Waals surface area contributed by atoms with Crippen molar-refractivity contribution in [3.8, 4) is 0 Å². The van der Waals surface area contributed by atoms with Gasteiger partial charge in [0.2, 0.25) is 11.8 Å². The zero-order valence-corrected chi connectivity index (χ0v) is 15.2. The Morgan fingerprint density at radius 2 is 1.83 bits per heavy atom. The third kappa shape index (κ3) is 13.0. The van der Waals surface area contributed by atoms with Crippen LogP contribution in [0.3, 0.4) is 0 Å². The molecular formula is C15H30N2O5S. The van der Waals surface area contributed by atoms with Crippen molar-refractivity contribution in [2.75, 3.05) is 25.4 Å². The van der Waals surface area contributed by atoms with Gasteiger partial charge in [0.15, 0.2) is 0 Å². The van der Waals surface area contributed by atoms with Gasteiger partial charge in [-0.2, -0.15) is 8.42 Å². The maximum Gasteiger partial charge on any atom is 0.266 e. The van der Waals surface area contributed by atoms with Crippen LogP contribution in [0.4, 0.5) is 0 Å². The van der Waals surface area contributed by atoms with Gasteiger partial charge in [0.25, 0.3) is 10.1 Å². The molecule has 2 N–H and O–H groups in total. The second-order valence-electron chi connectivity index (χ2n) is 6.05. The van der Waals surface area contributed by atoms with Gasteiger partial charge in [-0.25, -0.2) is 0 Å². The summed E-state index contributed by atoms with van der Waals surface area (Å²) in [5.41, 5.74) is 0. The standard InChI is InChI=1S/C15H30N2O5S/c1-4-5-10-17(11-8-13(2)3)15(19)7-6-14(18)16-9-12-23(20,21)22/h13H,4-12H2,1-3H3,(H,16,18)(H,20,21,22). The molecule has 0 aromatic rings. The van der Waals surface area contributed by atoms with E-state index in [-0.39, 0.29) is 31.2 Å². The van der Waals surface area contributed by atoms with Crippen LogP contribution in [-0.4, -0.2) is 55.1 Å². The van der Waals surface area contributed by atoms with E-state index >= 15 is 0 Å². The highest BCUT2D eigenvalue weighted by atomic mass is 32.2. The van der Waals surface area contributed by atoms with Crippen molar-refractivity contribution < 1.29 is 22.6 Å². The van der Waals surface area contributed by atoms with Crippen LogP contribution in [0, 0.1) is 5.92 Å². The van der Waals surface area contributed by atoms with Gasteiger partial charge in [-0.1, -0.05) is 27.2 Å². The first-order valence-electron chi connectivity index (χ1n) is 8.15. The van der Waals surface area contributed by atoms with Crippen molar-refractivity contribution in [2.45, 2.75) is 52.9 Å². The van der Waals surface area contributed by atoms with Crippen LogP contribution in [0.2, 0.25) is 0 Å². The van der Waals surface area contributed by atoms with E-state index in [0.717, 1.165) is 19.3 Å². The first-order chi connectivity index (χ1) is 10.7. The first-order valence-corrected chi connectivity index (χ1v) is 9.76. The summed E-state index contributed by atoms with van der Waals surface area (Å²) < 4.78 is 29.6. The quantitative estimate of drug-likeness (QED) is 0.518. The Hall–Kier alpha value is -1.15. The Balaban J connectivity index is 4.20. The smallest absolute Gasteiger partial charge is 0.266 e. The van der Waals surface area contributed by atoms with Gasteiger partial charge in [0, 0.05) is 32.5 Å². The second kappa shape index (κ2) is 11.4. The molecule has 2 amide bonds. The monoisotopic (exact) mass is 350 g/mol. The van der Waals surface area contributed by atoms with E-state index in [0.29, 0.717) is 19.0 Å². The molecule has 8 heteroatoms. The molecule has 0 aromatic carbocycles. The van der Waals surface area contributed by atoms with Gasteiger partial charge in [0.1, 0.15) is 0 Å². The summed E-state index contributed by atoms with van der Waals surface area (Å²) in [4.78, 5) is 25.6. The molecule has 23 heavy (non-hydrogen) atoms. The molecule has 0 saturated heterocycles. The van der Waals surface area contributed by atoms with Crippen molar-refractivity contribution in [3.05, 3.63) is 0 Å². The van der Waals surface area contributed by atoms with Gasteiger partial charge >= 0.3 is 0 Å².